The largest absolute Gasteiger partial charge is 0.478 e. The topological polar surface area (TPSA) is 108 Å². The molecule has 2 atom stereocenters. The molecule has 1 amide bonds. The van der Waals surface area contributed by atoms with E-state index in [-0.39, 0.29) is 23.3 Å². The Bertz CT molecular complexity index is 728. The predicted molar refractivity (Wildman–Crippen MR) is 81.7 cm³/mol. The van der Waals surface area contributed by atoms with E-state index in [4.69, 9.17) is 5.11 Å². The van der Waals surface area contributed by atoms with Gasteiger partial charge in [0.1, 0.15) is 11.7 Å². The Kier molecular flexibility index (Phi) is 4.09. The van der Waals surface area contributed by atoms with E-state index in [2.05, 4.69) is 21.3 Å². The van der Waals surface area contributed by atoms with Gasteiger partial charge in [-0.05, 0) is 5.56 Å². The summed E-state index contributed by atoms with van der Waals surface area (Å²) in [5, 5.41) is 15.9. The number of aromatic nitrogens is 2. The molecule has 1 aliphatic heterocycles. The number of carboxylic acids is 1. The molecule has 1 fully saturated rings. The lowest BCUT2D eigenvalue weighted by Crippen LogP contribution is -2.46. The van der Waals surface area contributed by atoms with Gasteiger partial charge in [0, 0.05) is 25.7 Å². The number of nitrogens with one attached hydrogen (secondary N) is 3. The van der Waals surface area contributed by atoms with E-state index in [9.17, 15) is 9.59 Å². The summed E-state index contributed by atoms with van der Waals surface area (Å²) in [5.74, 6) is -1.66. The molecule has 1 aromatic carbocycles. The first-order valence-corrected chi connectivity index (χ1v) is 7.17. The number of hydrogen-bond acceptors (Lipinski definition) is 5. The molecular formula is C15H17N5O3. The molecule has 4 N–H and O–H groups in total. The van der Waals surface area contributed by atoms with Crippen molar-refractivity contribution < 1.29 is 14.7 Å². The first-order valence-electron chi connectivity index (χ1n) is 7.17. The maximum Gasteiger partial charge on any atom is 0.339 e. The molecule has 8 nitrogen and oxygen atoms in total. The average Bonchev–Trinajstić information content (AvgIpc) is 3.14. The fourth-order valence-electron chi connectivity index (χ4n) is 2.67. The van der Waals surface area contributed by atoms with Crippen molar-refractivity contribution in [3.8, 4) is 0 Å². The summed E-state index contributed by atoms with van der Waals surface area (Å²) in [7, 11) is 1.57. The molecule has 2 heterocycles. The van der Waals surface area contributed by atoms with Crippen molar-refractivity contribution in [1.82, 2.24) is 25.9 Å². The van der Waals surface area contributed by atoms with Crippen LogP contribution in [0.15, 0.2) is 36.5 Å². The average molecular weight is 315 g/mol. The summed E-state index contributed by atoms with van der Waals surface area (Å²) in [6, 6.07) is 9.78. The molecule has 23 heavy (non-hydrogen) atoms. The van der Waals surface area contributed by atoms with Crippen molar-refractivity contribution >= 4 is 11.9 Å². The number of hydrazine groups is 1. The molecule has 0 saturated carbocycles. The van der Waals surface area contributed by atoms with Gasteiger partial charge in [-0.3, -0.25) is 14.9 Å². The standard InChI is InChI=1S/C15H17N5O3/c1-20-8-11(15(22)23)12(19-20)14(21)17-13-10(7-16-18-13)9-5-3-2-4-6-9/h2-6,8,10,13,16,18H,7H2,1H3,(H,17,21)(H,22,23). The Labute approximate surface area is 132 Å². The molecule has 1 aliphatic rings. The molecule has 0 spiro atoms. The van der Waals surface area contributed by atoms with Gasteiger partial charge >= 0.3 is 5.97 Å². The zero-order valence-corrected chi connectivity index (χ0v) is 12.5. The molecule has 8 heteroatoms. The SMILES string of the molecule is Cn1cc(C(=O)O)c(C(=O)NC2NNCC2c2ccccc2)n1. The maximum absolute atomic E-state index is 12.4. The number of carboxylic acid groups (broad SMARTS) is 1. The van der Waals surface area contributed by atoms with Crippen LogP contribution in [0, 0.1) is 0 Å². The van der Waals surface area contributed by atoms with Gasteiger partial charge < -0.3 is 10.4 Å². The Morgan fingerprint density at radius 3 is 2.78 bits per heavy atom. The van der Waals surface area contributed by atoms with Crippen molar-refractivity contribution in [2.24, 2.45) is 7.05 Å². The van der Waals surface area contributed by atoms with Gasteiger partial charge in [0.2, 0.25) is 0 Å². The summed E-state index contributed by atoms with van der Waals surface area (Å²) in [4.78, 5) is 23.6. The highest BCUT2D eigenvalue weighted by atomic mass is 16.4. The van der Waals surface area contributed by atoms with Gasteiger partial charge in [0.15, 0.2) is 5.69 Å². The summed E-state index contributed by atoms with van der Waals surface area (Å²) in [5.41, 5.74) is 6.87. The lowest BCUT2D eigenvalue weighted by Gasteiger charge is -2.19. The number of amides is 1. The Morgan fingerprint density at radius 1 is 1.35 bits per heavy atom. The smallest absolute Gasteiger partial charge is 0.339 e. The van der Waals surface area contributed by atoms with E-state index in [0.717, 1.165) is 5.56 Å². The van der Waals surface area contributed by atoms with Crippen molar-refractivity contribution in [2.45, 2.75) is 12.1 Å². The molecule has 0 aliphatic carbocycles. The number of aryl methyl sites for hydroxylation is 1. The zero-order chi connectivity index (χ0) is 16.4. The molecule has 0 bridgehead atoms. The normalized spacial score (nSPS) is 20.4. The number of nitrogens with zero attached hydrogens (tertiary/aromatic N) is 2. The maximum atomic E-state index is 12.4. The molecular weight excluding hydrogens is 298 g/mol. The van der Waals surface area contributed by atoms with Crippen molar-refractivity contribution in [3.05, 3.63) is 53.3 Å². The summed E-state index contributed by atoms with van der Waals surface area (Å²) in [6.45, 7) is 0.656. The number of benzene rings is 1. The second-order valence-electron chi connectivity index (χ2n) is 5.36. The third kappa shape index (κ3) is 3.08. The van der Waals surface area contributed by atoms with E-state index in [1.807, 2.05) is 30.3 Å². The predicted octanol–water partition coefficient (Wildman–Crippen LogP) is 0.0658. The van der Waals surface area contributed by atoms with E-state index in [0.29, 0.717) is 6.54 Å². The number of carbonyl (C=O) groups is 2. The van der Waals surface area contributed by atoms with Crippen LogP contribution >= 0.6 is 0 Å². The van der Waals surface area contributed by atoms with E-state index in [1.165, 1.54) is 10.9 Å². The van der Waals surface area contributed by atoms with Crippen LogP contribution in [0.2, 0.25) is 0 Å². The monoisotopic (exact) mass is 315 g/mol. The fraction of sp³-hybridized carbons (Fsp3) is 0.267. The number of aromatic carboxylic acids is 1. The van der Waals surface area contributed by atoms with Crippen molar-refractivity contribution in [3.63, 3.8) is 0 Å². The van der Waals surface area contributed by atoms with Crippen molar-refractivity contribution in [1.29, 1.82) is 0 Å². The quantitative estimate of drug-likeness (QED) is 0.636. The van der Waals surface area contributed by atoms with Gasteiger partial charge in [-0.1, -0.05) is 30.3 Å². The van der Waals surface area contributed by atoms with Gasteiger partial charge in [-0.2, -0.15) is 5.10 Å². The Balaban J connectivity index is 1.79. The Morgan fingerprint density at radius 2 is 2.09 bits per heavy atom. The zero-order valence-electron chi connectivity index (χ0n) is 12.5. The van der Waals surface area contributed by atoms with Crippen LogP contribution in [0.4, 0.5) is 0 Å². The van der Waals surface area contributed by atoms with Crippen LogP contribution in [-0.4, -0.2) is 39.5 Å². The summed E-state index contributed by atoms with van der Waals surface area (Å²) < 4.78 is 1.31. The van der Waals surface area contributed by atoms with Crippen LogP contribution in [0.3, 0.4) is 0 Å². The van der Waals surface area contributed by atoms with Crippen LogP contribution in [0.25, 0.3) is 0 Å². The third-order valence-corrected chi connectivity index (χ3v) is 3.77. The fourth-order valence-corrected chi connectivity index (χ4v) is 2.67. The number of rotatable bonds is 4. The summed E-state index contributed by atoms with van der Waals surface area (Å²) >= 11 is 0. The number of hydrogen-bond donors (Lipinski definition) is 4. The first-order chi connectivity index (χ1) is 11.1. The molecule has 3 rings (SSSR count). The van der Waals surface area contributed by atoms with Gasteiger partial charge in [-0.15, -0.1) is 0 Å². The van der Waals surface area contributed by atoms with Crippen LogP contribution in [0.1, 0.15) is 32.3 Å². The van der Waals surface area contributed by atoms with Crippen LogP contribution in [0.5, 0.6) is 0 Å². The molecule has 2 aromatic rings. The highest BCUT2D eigenvalue weighted by Crippen LogP contribution is 2.21. The van der Waals surface area contributed by atoms with Gasteiger partial charge in [-0.25, -0.2) is 10.2 Å². The second kappa shape index (κ2) is 6.19. The van der Waals surface area contributed by atoms with Crippen LogP contribution in [-0.2, 0) is 7.05 Å². The van der Waals surface area contributed by atoms with E-state index in [1.54, 1.807) is 7.05 Å². The van der Waals surface area contributed by atoms with Gasteiger partial charge in [0.25, 0.3) is 5.91 Å². The molecule has 1 saturated heterocycles. The van der Waals surface area contributed by atoms with E-state index < -0.39 is 11.9 Å². The molecule has 1 aromatic heterocycles. The highest BCUT2D eigenvalue weighted by molar-refractivity contribution is 6.03. The Hall–Kier alpha value is -2.71. The summed E-state index contributed by atoms with van der Waals surface area (Å²) in [6.07, 6.45) is 0.959. The third-order valence-electron chi connectivity index (χ3n) is 3.77. The highest BCUT2D eigenvalue weighted by Gasteiger charge is 2.31. The van der Waals surface area contributed by atoms with Gasteiger partial charge in [0.05, 0.1) is 0 Å². The molecule has 120 valence electrons. The number of carbonyl (C=O) groups excluding carboxylic acids is 1. The lowest BCUT2D eigenvalue weighted by atomic mass is 9.97. The molecule has 0 radical (unpaired) electrons. The second-order valence-corrected chi connectivity index (χ2v) is 5.36. The van der Waals surface area contributed by atoms with E-state index >= 15 is 0 Å². The first kappa shape index (κ1) is 15.2. The lowest BCUT2D eigenvalue weighted by molar-refractivity contribution is 0.0690. The van der Waals surface area contributed by atoms with Crippen LogP contribution < -0.4 is 16.2 Å². The minimum atomic E-state index is -1.18. The minimum absolute atomic E-state index is 0.0390. The minimum Gasteiger partial charge on any atom is -0.478 e. The van der Waals surface area contributed by atoms with Crippen molar-refractivity contribution in [2.75, 3.05) is 6.54 Å². The molecule has 2 unspecified atom stereocenters.